The van der Waals surface area contributed by atoms with Crippen LogP contribution in [0.5, 0.6) is 5.75 Å². The molecule has 0 unspecified atom stereocenters. The number of rotatable bonds is 7. The minimum Gasteiger partial charge on any atom is -0.484 e. The molecule has 0 aliphatic rings. The van der Waals surface area contributed by atoms with Crippen molar-refractivity contribution in [2.45, 2.75) is 26.8 Å². The monoisotopic (exact) mass is 314 g/mol. The van der Waals surface area contributed by atoms with Gasteiger partial charge in [0, 0.05) is 25.4 Å². The molecule has 1 aromatic heterocycles. The third-order valence-corrected chi connectivity index (χ3v) is 3.44. The number of ether oxygens (including phenoxy) is 1. The van der Waals surface area contributed by atoms with E-state index in [1.165, 1.54) is 0 Å². The smallest absolute Gasteiger partial charge is 0.257 e. The molecule has 0 bridgehead atoms. The molecule has 0 aliphatic carbocycles. The van der Waals surface area contributed by atoms with Gasteiger partial charge in [0.1, 0.15) is 5.75 Å². The molecule has 1 amide bonds. The molecule has 1 heterocycles. The lowest BCUT2D eigenvalue weighted by molar-refractivity contribution is -0.123. The molecule has 0 spiro atoms. The standard InChI is InChI=1S/C18H22N2O3/c1-14-4-6-16(7-5-14)23-13-17(21)19-9-3-10-20-11-8-15(2)12-18(20)22/h4-8,11-12H,3,9-10,13H2,1-2H3,(H,19,21). The molecule has 0 saturated heterocycles. The van der Waals surface area contributed by atoms with E-state index in [1.54, 1.807) is 16.8 Å². The first-order valence-corrected chi connectivity index (χ1v) is 7.68. The highest BCUT2D eigenvalue weighted by Crippen LogP contribution is 2.10. The zero-order valence-corrected chi connectivity index (χ0v) is 13.5. The number of aromatic nitrogens is 1. The van der Waals surface area contributed by atoms with E-state index in [-0.39, 0.29) is 18.1 Å². The lowest BCUT2D eigenvalue weighted by Crippen LogP contribution is -2.30. The maximum Gasteiger partial charge on any atom is 0.257 e. The van der Waals surface area contributed by atoms with E-state index in [9.17, 15) is 9.59 Å². The van der Waals surface area contributed by atoms with Crippen LogP contribution >= 0.6 is 0 Å². The summed E-state index contributed by atoms with van der Waals surface area (Å²) >= 11 is 0. The van der Waals surface area contributed by atoms with Gasteiger partial charge in [-0.15, -0.1) is 0 Å². The maximum atomic E-state index is 11.7. The zero-order valence-electron chi connectivity index (χ0n) is 13.5. The molecule has 1 N–H and O–H groups in total. The van der Waals surface area contributed by atoms with Crippen LogP contribution in [-0.4, -0.2) is 23.6 Å². The molecule has 2 rings (SSSR count). The maximum absolute atomic E-state index is 11.7. The lowest BCUT2D eigenvalue weighted by Gasteiger charge is -2.09. The van der Waals surface area contributed by atoms with Crippen molar-refractivity contribution in [2.24, 2.45) is 0 Å². The molecule has 0 atom stereocenters. The lowest BCUT2D eigenvalue weighted by atomic mass is 10.2. The summed E-state index contributed by atoms with van der Waals surface area (Å²) in [6.07, 6.45) is 2.47. The molecule has 2 aromatic rings. The molecule has 5 heteroatoms. The Hall–Kier alpha value is -2.56. The zero-order chi connectivity index (χ0) is 16.7. The Bertz CT molecular complexity index is 705. The summed E-state index contributed by atoms with van der Waals surface area (Å²) in [5, 5.41) is 2.79. The Morgan fingerprint density at radius 2 is 1.87 bits per heavy atom. The fourth-order valence-electron chi connectivity index (χ4n) is 2.10. The average Bonchev–Trinajstić information content (AvgIpc) is 2.52. The van der Waals surface area contributed by atoms with E-state index in [0.29, 0.717) is 25.3 Å². The highest BCUT2D eigenvalue weighted by atomic mass is 16.5. The number of pyridine rings is 1. The van der Waals surface area contributed by atoms with E-state index in [1.807, 2.05) is 44.2 Å². The van der Waals surface area contributed by atoms with Gasteiger partial charge in [0.15, 0.2) is 6.61 Å². The van der Waals surface area contributed by atoms with Crippen LogP contribution in [0.2, 0.25) is 0 Å². The molecule has 0 saturated carbocycles. The quantitative estimate of drug-likeness (QED) is 0.796. The molecule has 0 radical (unpaired) electrons. The summed E-state index contributed by atoms with van der Waals surface area (Å²) in [6, 6.07) is 11.1. The highest BCUT2D eigenvalue weighted by Gasteiger charge is 2.02. The van der Waals surface area contributed by atoms with Crippen LogP contribution in [0.3, 0.4) is 0 Å². The van der Waals surface area contributed by atoms with Crippen LogP contribution < -0.4 is 15.6 Å². The molecule has 122 valence electrons. The predicted octanol–water partition coefficient (Wildman–Crippen LogP) is 2.05. The summed E-state index contributed by atoms with van der Waals surface area (Å²) in [5.74, 6) is 0.513. The van der Waals surface area contributed by atoms with E-state index >= 15 is 0 Å². The van der Waals surface area contributed by atoms with Gasteiger partial charge in [-0.1, -0.05) is 17.7 Å². The number of aryl methyl sites for hydroxylation is 3. The van der Waals surface area contributed by atoms with E-state index in [4.69, 9.17) is 4.74 Å². The molecule has 0 fully saturated rings. The second kappa shape index (κ2) is 8.17. The summed E-state index contributed by atoms with van der Waals surface area (Å²) in [6.45, 7) is 4.97. The Labute approximate surface area is 135 Å². The van der Waals surface area contributed by atoms with Gasteiger partial charge in [-0.3, -0.25) is 9.59 Å². The van der Waals surface area contributed by atoms with Crippen molar-refractivity contribution in [3.05, 3.63) is 64.1 Å². The molecule has 0 aliphatic heterocycles. The van der Waals surface area contributed by atoms with E-state index in [0.717, 1.165) is 11.1 Å². The van der Waals surface area contributed by atoms with Crippen molar-refractivity contribution in [1.29, 1.82) is 0 Å². The molecular weight excluding hydrogens is 292 g/mol. The average molecular weight is 314 g/mol. The van der Waals surface area contributed by atoms with Gasteiger partial charge >= 0.3 is 0 Å². The van der Waals surface area contributed by atoms with E-state index in [2.05, 4.69) is 5.32 Å². The van der Waals surface area contributed by atoms with Crippen molar-refractivity contribution in [1.82, 2.24) is 9.88 Å². The van der Waals surface area contributed by atoms with Crippen molar-refractivity contribution in [2.75, 3.05) is 13.2 Å². The van der Waals surface area contributed by atoms with Crippen LogP contribution in [-0.2, 0) is 11.3 Å². The summed E-state index contributed by atoms with van der Waals surface area (Å²) in [7, 11) is 0. The van der Waals surface area contributed by atoms with Crippen molar-refractivity contribution < 1.29 is 9.53 Å². The number of nitrogens with zero attached hydrogens (tertiary/aromatic N) is 1. The van der Waals surface area contributed by atoms with Gasteiger partial charge < -0.3 is 14.6 Å². The first-order valence-electron chi connectivity index (χ1n) is 7.68. The van der Waals surface area contributed by atoms with Gasteiger partial charge in [-0.05, 0) is 44.0 Å². The van der Waals surface area contributed by atoms with Gasteiger partial charge in [-0.2, -0.15) is 0 Å². The molecule has 1 aromatic carbocycles. The molecular formula is C18H22N2O3. The van der Waals surface area contributed by atoms with Crippen LogP contribution in [0, 0.1) is 13.8 Å². The third kappa shape index (κ3) is 5.62. The highest BCUT2D eigenvalue weighted by molar-refractivity contribution is 5.77. The van der Waals surface area contributed by atoms with Crippen LogP contribution in [0.4, 0.5) is 0 Å². The van der Waals surface area contributed by atoms with Gasteiger partial charge in [0.05, 0.1) is 0 Å². The Balaban J connectivity index is 1.66. The number of carbonyl (C=O) groups excluding carboxylic acids is 1. The number of amides is 1. The van der Waals surface area contributed by atoms with Crippen LogP contribution in [0.1, 0.15) is 17.5 Å². The fourth-order valence-corrected chi connectivity index (χ4v) is 2.10. The summed E-state index contributed by atoms with van der Waals surface area (Å²) < 4.78 is 7.04. The van der Waals surface area contributed by atoms with Crippen LogP contribution in [0.15, 0.2) is 47.4 Å². The summed E-state index contributed by atoms with van der Waals surface area (Å²) in [5.41, 5.74) is 2.08. The first-order chi connectivity index (χ1) is 11.0. The SMILES string of the molecule is Cc1ccc(OCC(=O)NCCCn2ccc(C)cc2=O)cc1. The summed E-state index contributed by atoms with van der Waals surface area (Å²) in [4.78, 5) is 23.4. The minimum absolute atomic E-state index is 0.00641. The van der Waals surface area contributed by atoms with Gasteiger partial charge in [0.25, 0.3) is 11.5 Å². The Morgan fingerprint density at radius 1 is 1.13 bits per heavy atom. The predicted molar refractivity (Wildman–Crippen MR) is 89.7 cm³/mol. The largest absolute Gasteiger partial charge is 0.484 e. The van der Waals surface area contributed by atoms with Gasteiger partial charge in [-0.25, -0.2) is 0 Å². The first kappa shape index (κ1) is 16.8. The topological polar surface area (TPSA) is 60.3 Å². The molecule has 23 heavy (non-hydrogen) atoms. The normalized spacial score (nSPS) is 10.3. The third-order valence-electron chi connectivity index (χ3n) is 3.44. The number of benzene rings is 1. The number of carbonyl (C=O) groups is 1. The molecule has 5 nitrogen and oxygen atoms in total. The van der Waals surface area contributed by atoms with Gasteiger partial charge in [0.2, 0.25) is 0 Å². The van der Waals surface area contributed by atoms with E-state index < -0.39 is 0 Å². The van der Waals surface area contributed by atoms with Crippen LogP contribution in [0.25, 0.3) is 0 Å². The number of hydrogen-bond donors (Lipinski definition) is 1. The Kier molecular flexibility index (Phi) is 5.97. The Morgan fingerprint density at radius 3 is 2.57 bits per heavy atom. The second-order valence-corrected chi connectivity index (χ2v) is 5.54. The fraction of sp³-hybridized carbons (Fsp3) is 0.333. The van der Waals surface area contributed by atoms with Crippen molar-refractivity contribution in [3.8, 4) is 5.75 Å². The second-order valence-electron chi connectivity index (χ2n) is 5.54. The van der Waals surface area contributed by atoms with Crippen molar-refractivity contribution in [3.63, 3.8) is 0 Å². The number of hydrogen-bond acceptors (Lipinski definition) is 3. The van der Waals surface area contributed by atoms with Crippen molar-refractivity contribution >= 4 is 5.91 Å². The minimum atomic E-state index is -0.165. The number of nitrogens with one attached hydrogen (secondary N) is 1.